The molecule has 0 aliphatic rings. The van der Waals surface area contributed by atoms with Crippen molar-refractivity contribution in [2.24, 2.45) is 0 Å². The van der Waals surface area contributed by atoms with E-state index >= 15 is 0 Å². The third-order valence-corrected chi connectivity index (χ3v) is 25.3. The van der Waals surface area contributed by atoms with Crippen LogP contribution in [0.3, 0.4) is 0 Å². The van der Waals surface area contributed by atoms with E-state index in [1.54, 1.807) is 13.3 Å². The summed E-state index contributed by atoms with van der Waals surface area (Å²) >= 11 is 1.85. The fourth-order valence-electron chi connectivity index (χ4n) is 3.46. The van der Waals surface area contributed by atoms with Crippen LogP contribution in [-0.2, 0) is 0 Å². The molecule has 0 amide bonds. The van der Waals surface area contributed by atoms with Crippen LogP contribution in [-0.4, -0.2) is 18.4 Å². The Morgan fingerprint density at radius 1 is 0.783 bits per heavy atom. The minimum atomic E-state index is -2.19. The second kappa shape index (κ2) is 10.2. The molecule has 0 aromatic carbocycles. The monoisotopic (exact) mass is 456 g/mol. The Morgan fingerprint density at radius 3 is 1.87 bits per heavy atom. The molecule has 3 heteroatoms. The molecule has 0 spiro atoms. The molecule has 0 saturated carbocycles. The van der Waals surface area contributed by atoms with Gasteiger partial charge in [0.05, 0.1) is 0 Å². The van der Waals surface area contributed by atoms with Crippen molar-refractivity contribution in [2.45, 2.75) is 72.6 Å². The Labute approximate surface area is 155 Å². The van der Waals surface area contributed by atoms with Crippen LogP contribution in [0.1, 0.15) is 59.3 Å². The second-order valence-electron chi connectivity index (χ2n) is 6.73. The Hall–Kier alpha value is 0.199. The van der Waals surface area contributed by atoms with Gasteiger partial charge >= 0.3 is 156 Å². The first-order valence-corrected chi connectivity index (χ1v) is 18.6. The minimum absolute atomic E-state index is 1.36. The average Bonchev–Trinajstić information content (AvgIpc) is 3.25. The van der Waals surface area contributed by atoms with Crippen LogP contribution in [0.5, 0.6) is 0 Å². The summed E-state index contributed by atoms with van der Waals surface area (Å²) in [5.41, 5.74) is 0. The van der Waals surface area contributed by atoms with Crippen molar-refractivity contribution in [2.75, 3.05) is 0 Å². The summed E-state index contributed by atoms with van der Waals surface area (Å²) < 4.78 is 6.60. The average molecular weight is 455 g/mol. The molecule has 23 heavy (non-hydrogen) atoms. The zero-order valence-electron chi connectivity index (χ0n) is 15.1. The number of unbranched alkanes of at least 4 members (excludes halogenated alkanes) is 3. The Bertz CT molecular complexity index is 520. The molecule has 0 radical (unpaired) electrons. The topological polar surface area (TPSA) is 0 Å². The molecular formula is C20H32S2Sn. The molecule has 0 bridgehead atoms. The van der Waals surface area contributed by atoms with Gasteiger partial charge in [0.2, 0.25) is 0 Å². The van der Waals surface area contributed by atoms with E-state index in [4.69, 9.17) is 0 Å². The molecule has 0 atom stereocenters. The normalized spacial score (nSPS) is 12.0. The van der Waals surface area contributed by atoms with E-state index in [-0.39, 0.29) is 0 Å². The Kier molecular flexibility index (Phi) is 8.70. The van der Waals surface area contributed by atoms with Gasteiger partial charge in [0.1, 0.15) is 0 Å². The summed E-state index contributed by atoms with van der Waals surface area (Å²) in [5, 5.41) is 2.20. The fraction of sp³-hybridized carbons (Fsp3) is 0.600. The van der Waals surface area contributed by atoms with Crippen molar-refractivity contribution in [3.8, 4) is 9.75 Å². The van der Waals surface area contributed by atoms with Gasteiger partial charge in [-0.3, -0.25) is 0 Å². The van der Waals surface area contributed by atoms with Gasteiger partial charge in [-0.25, -0.2) is 0 Å². The summed E-state index contributed by atoms with van der Waals surface area (Å²) in [6.07, 6.45) is 8.45. The molecule has 2 heterocycles. The van der Waals surface area contributed by atoms with Crippen LogP contribution in [0.4, 0.5) is 0 Å². The third-order valence-electron chi connectivity index (χ3n) is 4.92. The molecule has 128 valence electrons. The molecular weight excluding hydrogens is 423 g/mol. The van der Waals surface area contributed by atoms with Crippen molar-refractivity contribution in [3.05, 3.63) is 29.6 Å². The van der Waals surface area contributed by atoms with Gasteiger partial charge in [0, 0.05) is 0 Å². The van der Waals surface area contributed by atoms with E-state index in [1.165, 1.54) is 48.3 Å². The van der Waals surface area contributed by atoms with Crippen LogP contribution in [0, 0.1) is 0 Å². The SMILES string of the molecule is CCC[CH2][Sn]([CH2]CCC)([CH2]CCC)[c]1ccc(-c2cccs2)s1. The molecule has 0 N–H and O–H groups in total. The first-order valence-electron chi connectivity index (χ1n) is 9.40. The van der Waals surface area contributed by atoms with Crippen molar-refractivity contribution in [1.82, 2.24) is 0 Å². The van der Waals surface area contributed by atoms with Crippen LogP contribution < -0.4 is 2.89 Å². The molecule has 0 unspecified atom stereocenters. The van der Waals surface area contributed by atoms with E-state index in [1.807, 2.05) is 14.2 Å². The van der Waals surface area contributed by atoms with Gasteiger partial charge in [-0.15, -0.1) is 0 Å². The fourth-order valence-corrected chi connectivity index (χ4v) is 24.4. The van der Waals surface area contributed by atoms with Gasteiger partial charge in [-0.05, 0) is 0 Å². The van der Waals surface area contributed by atoms with Crippen LogP contribution >= 0.6 is 22.7 Å². The molecule has 0 fully saturated rings. The quantitative estimate of drug-likeness (QED) is 0.307. The molecule has 2 rings (SSSR count). The van der Waals surface area contributed by atoms with E-state index in [0.717, 1.165) is 0 Å². The van der Waals surface area contributed by atoms with Gasteiger partial charge in [0.15, 0.2) is 0 Å². The summed E-state index contributed by atoms with van der Waals surface area (Å²) in [5.74, 6) is 0. The number of hydrogen-bond acceptors (Lipinski definition) is 2. The van der Waals surface area contributed by atoms with E-state index in [0.29, 0.717) is 0 Å². The van der Waals surface area contributed by atoms with E-state index < -0.39 is 18.4 Å². The standard InChI is InChI=1S/C8H5S2.3C4H9.Sn/c1-3-7(9-5-1)8-4-2-6-10-8;3*1-3-4-2;/h1-5H;3*1,3-4H2,2H3;. The summed E-state index contributed by atoms with van der Waals surface area (Å²) in [6.45, 7) is 7.09. The maximum absolute atomic E-state index is 2.54. The molecule has 0 aliphatic carbocycles. The first-order chi connectivity index (χ1) is 11.3. The van der Waals surface area contributed by atoms with Crippen LogP contribution in [0.2, 0.25) is 13.3 Å². The second-order valence-corrected chi connectivity index (χ2v) is 22.9. The number of rotatable bonds is 11. The van der Waals surface area contributed by atoms with Crippen molar-refractivity contribution in [1.29, 1.82) is 0 Å². The zero-order chi connectivity index (χ0) is 16.5. The molecule has 0 nitrogen and oxygen atoms in total. The summed E-state index contributed by atoms with van der Waals surface area (Å²) in [6, 6.07) is 9.42. The van der Waals surface area contributed by atoms with Crippen LogP contribution in [0.25, 0.3) is 9.75 Å². The van der Waals surface area contributed by atoms with Crippen molar-refractivity contribution in [3.63, 3.8) is 0 Å². The van der Waals surface area contributed by atoms with Gasteiger partial charge < -0.3 is 0 Å². The Balaban J connectivity index is 2.29. The predicted molar refractivity (Wildman–Crippen MR) is 112 cm³/mol. The third kappa shape index (κ3) is 5.34. The summed E-state index contributed by atoms with van der Waals surface area (Å²) in [4.78, 5) is 2.98. The summed E-state index contributed by atoms with van der Waals surface area (Å²) in [7, 11) is 0. The molecule has 2 aromatic heterocycles. The van der Waals surface area contributed by atoms with Crippen LogP contribution in [0.15, 0.2) is 29.6 Å². The maximum atomic E-state index is 2.54. The first kappa shape index (κ1) is 19.5. The van der Waals surface area contributed by atoms with Gasteiger partial charge in [0.25, 0.3) is 0 Å². The predicted octanol–water partition coefficient (Wildman–Crippen LogP) is 7.53. The van der Waals surface area contributed by atoms with Gasteiger partial charge in [-0.1, -0.05) is 0 Å². The molecule has 0 saturated heterocycles. The van der Waals surface area contributed by atoms with Crippen molar-refractivity contribution < 1.29 is 0 Å². The van der Waals surface area contributed by atoms with E-state index in [9.17, 15) is 0 Å². The Morgan fingerprint density at radius 2 is 1.39 bits per heavy atom. The zero-order valence-corrected chi connectivity index (χ0v) is 19.6. The van der Waals surface area contributed by atoms with E-state index in [2.05, 4.69) is 61.8 Å². The van der Waals surface area contributed by atoms with Gasteiger partial charge in [-0.2, -0.15) is 0 Å². The van der Waals surface area contributed by atoms with Crippen molar-refractivity contribution >= 4 is 43.9 Å². The number of thiophene rings is 2. The molecule has 0 aliphatic heterocycles. The number of hydrogen-bond donors (Lipinski definition) is 0. The molecule has 2 aromatic rings.